The summed E-state index contributed by atoms with van der Waals surface area (Å²) >= 11 is 0. The molecule has 0 aliphatic carbocycles. The Bertz CT molecular complexity index is 756. The van der Waals surface area contributed by atoms with E-state index in [1.165, 1.54) is 13.0 Å². The highest BCUT2D eigenvalue weighted by molar-refractivity contribution is 5.98. The smallest absolute Gasteiger partial charge is 0.251 e. The SMILES string of the molecule is C#Cc1coc2cc(C(=O)NC3CN4CC[C@@H]3C4)ccc12. The highest BCUT2D eigenvalue weighted by atomic mass is 16.3. The van der Waals surface area contributed by atoms with Gasteiger partial charge < -0.3 is 14.6 Å². The number of nitrogens with zero attached hydrogens (tertiary/aromatic N) is 1. The Morgan fingerprint density at radius 1 is 1.43 bits per heavy atom. The van der Waals surface area contributed by atoms with Crippen LogP contribution in [0.5, 0.6) is 0 Å². The Kier molecular flexibility index (Phi) is 2.76. The van der Waals surface area contributed by atoms with E-state index in [0.717, 1.165) is 24.0 Å². The average molecular weight is 280 g/mol. The average Bonchev–Trinajstić information content (AvgIpc) is 3.21. The summed E-state index contributed by atoms with van der Waals surface area (Å²) in [7, 11) is 0. The van der Waals surface area contributed by atoms with Gasteiger partial charge in [0.2, 0.25) is 0 Å². The number of amides is 1. The molecule has 4 nitrogen and oxygen atoms in total. The second-order valence-corrected chi connectivity index (χ2v) is 5.89. The number of carbonyl (C=O) groups excluding carboxylic acids is 1. The van der Waals surface area contributed by atoms with Crippen LogP contribution in [0.25, 0.3) is 11.0 Å². The Labute approximate surface area is 123 Å². The minimum Gasteiger partial charge on any atom is -0.463 e. The molecule has 4 heteroatoms. The number of furan rings is 1. The third kappa shape index (κ3) is 2.01. The molecule has 4 rings (SSSR count). The first-order valence-electron chi connectivity index (χ1n) is 7.25. The number of nitrogens with one attached hydrogen (secondary N) is 1. The zero-order valence-electron chi connectivity index (χ0n) is 11.6. The van der Waals surface area contributed by atoms with Crippen LogP contribution in [0.2, 0.25) is 0 Å². The highest BCUT2D eigenvalue weighted by Gasteiger charge is 2.38. The molecule has 2 aromatic rings. The lowest BCUT2D eigenvalue weighted by molar-refractivity contribution is 0.0924. The van der Waals surface area contributed by atoms with Crippen LogP contribution in [0.1, 0.15) is 22.3 Å². The van der Waals surface area contributed by atoms with Gasteiger partial charge in [-0.1, -0.05) is 5.92 Å². The van der Waals surface area contributed by atoms with Gasteiger partial charge in [-0.2, -0.15) is 0 Å². The number of rotatable bonds is 2. The van der Waals surface area contributed by atoms with E-state index >= 15 is 0 Å². The largest absolute Gasteiger partial charge is 0.463 e. The maximum absolute atomic E-state index is 12.4. The number of hydrogen-bond donors (Lipinski definition) is 1. The number of hydrogen-bond acceptors (Lipinski definition) is 3. The third-order valence-corrected chi connectivity index (χ3v) is 4.64. The predicted molar refractivity (Wildman–Crippen MR) is 80.0 cm³/mol. The van der Waals surface area contributed by atoms with Gasteiger partial charge in [0.1, 0.15) is 11.8 Å². The number of benzene rings is 1. The lowest BCUT2D eigenvalue weighted by Gasteiger charge is -2.23. The molecule has 1 amide bonds. The van der Waals surface area contributed by atoms with Crippen LogP contribution in [0.4, 0.5) is 0 Å². The molecular formula is C17H16N2O2. The molecule has 0 spiro atoms. The fraction of sp³-hybridized carbons (Fsp3) is 0.353. The van der Waals surface area contributed by atoms with Gasteiger partial charge in [-0.05, 0) is 37.1 Å². The molecule has 2 fully saturated rings. The van der Waals surface area contributed by atoms with Gasteiger partial charge in [-0.25, -0.2) is 0 Å². The molecule has 3 atom stereocenters. The van der Waals surface area contributed by atoms with E-state index in [0.29, 0.717) is 17.1 Å². The first kappa shape index (κ1) is 12.5. The maximum Gasteiger partial charge on any atom is 0.251 e. The summed E-state index contributed by atoms with van der Waals surface area (Å²) in [6, 6.07) is 5.70. The van der Waals surface area contributed by atoms with Crippen molar-refractivity contribution in [3.8, 4) is 12.3 Å². The molecule has 1 aromatic heterocycles. The Balaban J connectivity index is 1.55. The first-order chi connectivity index (χ1) is 10.2. The van der Waals surface area contributed by atoms with Crippen LogP contribution >= 0.6 is 0 Å². The van der Waals surface area contributed by atoms with E-state index in [9.17, 15) is 4.79 Å². The van der Waals surface area contributed by atoms with Crippen molar-refractivity contribution in [1.82, 2.24) is 10.2 Å². The third-order valence-electron chi connectivity index (χ3n) is 4.64. The van der Waals surface area contributed by atoms with Gasteiger partial charge in [0, 0.05) is 30.1 Å². The molecule has 1 aromatic carbocycles. The van der Waals surface area contributed by atoms with Crippen LogP contribution in [0.15, 0.2) is 28.9 Å². The van der Waals surface area contributed by atoms with Crippen LogP contribution in [0, 0.1) is 18.3 Å². The Morgan fingerprint density at radius 2 is 2.33 bits per heavy atom. The topological polar surface area (TPSA) is 45.5 Å². The van der Waals surface area contributed by atoms with E-state index in [1.807, 2.05) is 12.1 Å². The number of piperidine rings is 1. The zero-order chi connectivity index (χ0) is 14.4. The lowest BCUT2D eigenvalue weighted by atomic mass is 9.99. The summed E-state index contributed by atoms with van der Waals surface area (Å²) in [5.41, 5.74) is 2.00. The number of fused-ring (bicyclic) bond motifs is 3. The van der Waals surface area contributed by atoms with Crippen molar-refractivity contribution in [3.05, 3.63) is 35.6 Å². The number of terminal acetylenes is 1. The van der Waals surface area contributed by atoms with Gasteiger partial charge in [0.25, 0.3) is 5.91 Å². The molecule has 3 heterocycles. The van der Waals surface area contributed by atoms with Gasteiger partial charge in [0.15, 0.2) is 0 Å². The second kappa shape index (κ2) is 4.64. The van der Waals surface area contributed by atoms with Gasteiger partial charge in [-0.15, -0.1) is 6.42 Å². The molecule has 106 valence electrons. The van der Waals surface area contributed by atoms with Gasteiger partial charge >= 0.3 is 0 Å². The first-order valence-corrected chi connectivity index (χ1v) is 7.25. The van der Waals surface area contributed by atoms with E-state index < -0.39 is 0 Å². The van der Waals surface area contributed by atoms with E-state index in [1.54, 1.807) is 12.3 Å². The lowest BCUT2D eigenvalue weighted by Crippen LogP contribution is -2.43. The summed E-state index contributed by atoms with van der Waals surface area (Å²) in [6.07, 6.45) is 8.15. The van der Waals surface area contributed by atoms with E-state index in [4.69, 9.17) is 10.8 Å². The molecule has 2 aliphatic rings. The monoisotopic (exact) mass is 280 g/mol. The summed E-state index contributed by atoms with van der Waals surface area (Å²) in [4.78, 5) is 14.8. The van der Waals surface area contributed by atoms with Crippen LogP contribution < -0.4 is 5.32 Å². The zero-order valence-corrected chi connectivity index (χ0v) is 11.6. The molecule has 21 heavy (non-hydrogen) atoms. The van der Waals surface area contributed by atoms with Crippen molar-refractivity contribution in [3.63, 3.8) is 0 Å². The summed E-state index contributed by atoms with van der Waals surface area (Å²) in [5, 5.41) is 4.02. The van der Waals surface area contributed by atoms with Crippen molar-refractivity contribution < 1.29 is 9.21 Å². The minimum atomic E-state index is -0.0330. The molecular weight excluding hydrogens is 264 g/mol. The van der Waals surface area contributed by atoms with Crippen LogP contribution in [-0.2, 0) is 0 Å². The van der Waals surface area contributed by atoms with Gasteiger partial charge in [-0.3, -0.25) is 4.79 Å². The Hall–Kier alpha value is -2.25. The standard InChI is InChI=1S/C17H16N2O2/c1-2-11-10-21-16-7-12(3-4-14(11)16)17(20)18-15-9-19-6-5-13(15)8-19/h1,3-4,7,10,13,15H,5-6,8-9H2,(H,18,20)/t13-,15?/m1/s1. The summed E-state index contributed by atoms with van der Waals surface area (Å²) < 4.78 is 5.42. The van der Waals surface area contributed by atoms with Crippen LogP contribution in [0.3, 0.4) is 0 Å². The molecule has 2 aliphatic heterocycles. The van der Waals surface area contributed by atoms with Crippen molar-refractivity contribution in [1.29, 1.82) is 0 Å². The fourth-order valence-electron chi connectivity index (χ4n) is 3.48. The molecule has 2 unspecified atom stereocenters. The second-order valence-electron chi connectivity index (χ2n) is 5.89. The molecule has 1 N–H and O–H groups in total. The Morgan fingerprint density at radius 3 is 3.05 bits per heavy atom. The van der Waals surface area contributed by atoms with Gasteiger partial charge in [0.05, 0.1) is 5.56 Å². The van der Waals surface area contributed by atoms with Crippen molar-refractivity contribution in [2.24, 2.45) is 5.92 Å². The molecule has 0 saturated carbocycles. The van der Waals surface area contributed by atoms with E-state index in [-0.39, 0.29) is 11.9 Å². The van der Waals surface area contributed by atoms with Crippen molar-refractivity contribution in [2.75, 3.05) is 19.6 Å². The van der Waals surface area contributed by atoms with Crippen molar-refractivity contribution >= 4 is 16.9 Å². The van der Waals surface area contributed by atoms with E-state index in [2.05, 4.69) is 16.1 Å². The summed E-state index contributed by atoms with van der Waals surface area (Å²) in [5.74, 6) is 3.15. The van der Waals surface area contributed by atoms with Crippen molar-refractivity contribution in [2.45, 2.75) is 12.5 Å². The number of carbonyl (C=O) groups is 1. The molecule has 2 saturated heterocycles. The quantitative estimate of drug-likeness (QED) is 0.854. The predicted octanol–water partition coefficient (Wildman–Crippen LogP) is 1.85. The fourth-order valence-corrected chi connectivity index (χ4v) is 3.48. The normalized spacial score (nSPS) is 26.9. The highest BCUT2D eigenvalue weighted by Crippen LogP contribution is 2.28. The summed E-state index contributed by atoms with van der Waals surface area (Å²) in [6.45, 7) is 3.26. The molecule has 0 radical (unpaired) electrons. The maximum atomic E-state index is 12.4. The van der Waals surface area contributed by atoms with Crippen LogP contribution in [-0.4, -0.2) is 36.5 Å². The molecule has 2 bridgehead atoms. The minimum absolute atomic E-state index is 0.0330.